The number of methoxy groups -OCH3 is 2. The third kappa shape index (κ3) is 4.88. The van der Waals surface area contributed by atoms with E-state index in [1.165, 1.54) is 0 Å². The SMILES string of the molecule is COc1ccc(N2C(=O)CC[C@H](C(=O)Nc3ccc(-n4ccnc4)nc3)[C@@H]2c2ccccc2OC)cc1. The number of rotatable bonds is 7. The molecular weight excluding hydrogens is 470 g/mol. The van der Waals surface area contributed by atoms with Gasteiger partial charge in [0.1, 0.15) is 23.6 Å². The summed E-state index contributed by atoms with van der Waals surface area (Å²) in [6.07, 6.45) is 7.39. The van der Waals surface area contributed by atoms with Crippen LogP contribution in [0.4, 0.5) is 11.4 Å². The number of ether oxygens (including phenoxy) is 2. The van der Waals surface area contributed by atoms with Gasteiger partial charge in [-0.05, 0) is 48.9 Å². The molecule has 2 amide bonds. The molecule has 2 aromatic carbocycles. The lowest BCUT2D eigenvalue weighted by Crippen LogP contribution is -2.47. The second kappa shape index (κ2) is 10.5. The van der Waals surface area contributed by atoms with E-state index in [-0.39, 0.29) is 18.2 Å². The molecule has 2 aromatic heterocycles. The second-order valence-corrected chi connectivity index (χ2v) is 8.66. The molecule has 37 heavy (non-hydrogen) atoms. The average molecular weight is 498 g/mol. The summed E-state index contributed by atoms with van der Waals surface area (Å²) >= 11 is 0. The van der Waals surface area contributed by atoms with E-state index in [0.29, 0.717) is 35.1 Å². The van der Waals surface area contributed by atoms with E-state index in [1.807, 2.05) is 42.5 Å². The molecule has 4 aromatic rings. The topological polar surface area (TPSA) is 98.6 Å². The first-order valence-corrected chi connectivity index (χ1v) is 11.9. The summed E-state index contributed by atoms with van der Waals surface area (Å²) in [6.45, 7) is 0. The Morgan fingerprint density at radius 3 is 2.51 bits per heavy atom. The van der Waals surface area contributed by atoms with Crippen molar-refractivity contribution in [2.75, 3.05) is 24.4 Å². The minimum Gasteiger partial charge on any atom is -0.497 e. The molecule has 1 N–H and O–H groups in total. The number of para-hydroxylation sites is 1. The number of amides is 2. The quantitative estimate of drug-likeness (QED) is 0.406. The van der Waals surface area contributed by atoms with Crippen LogP contribution in [0, 0.1) is 5.92 Å². The number of piperidine rings is 1. The number of imidazole rings is 1. The monoisotopic (exact) mass is 497 g/mol. The maximum absolute atomic E-state index is 13.7. The number of benzene rings is 2. The van der Waals surface area contributed by atoms with Gasteiger partial charge >= 0.3 is 0 Å². The smallest absolute Gasteiger partial charge is 0.229 e. The highest BCUT2D eigenvalue weighted by molar-refractivity contribution is 6.00. The Bertz CT molecular complexity index is 1370. The van der Waals surface area contributed by atoms with E-state index >= 15 is 0 Å². The van der Waals surface area contributed by atoms with Crippen LogP contribution in [0.5, 0.6) is 11.5 Å². The molecule has 0 radical (unpaired) electrons. The van der Waals surface area contributed by atoms with Gasteiger partial charge in [-0.1, -0.05) is 18.2 Å². The molecule has 1 aliphatic rings. The van der Waals surface area contributed by atoms with Crippen LogP contribution in [0.15, 0.2) is 85.6 Å². The molecule has 0 bridgehead atoms. The van der Waals surface area contributed by atoms with E-state index in [2.05, 4.69) is 15.3 Å². The van der Waals surface area contributed by atoms with Crippen LogP contribution >= 0.6 is 0 Å². The molecule has 1 saturated heterocycles. The van der Waals surface area contributed by atoms with Crippen molar-refractivity contribution >= 4 is 23.2 Å². The third-order valence-corrected chi connectivity index (χ3v) is 6.53. The van der Waals surface area contributed by atoms with Crippen molar-refractivity contribution in [3.05, 3.63) is 91.1 Å². The van der Waals surface area contributed by atoms with Crippen molar-refractivity contribution in [1.82, 2.24) is 14.5 Å². The molecule has 5 rings (SSSR count). The Morgan fingerprint density at radius 1 is 1.03 bits per heavy atom. The molecular formula is C28H27N5O4. The zero-order chi connectivity index (χ0) is 25.8. The molecule has 2 atom stereocenters. The highest BCUT2D eigenvalue weighted by Crippen LogP contribution is 2.43. The summed E-state index contributed by atoms with van der Waals surface area (Å²) in [4.78, 5) is 37.2. The number of carbonyl (C=O) groups excluding carboxylic acids is 2. The number of anilines is 2. The molecule has 0 saturated carbocycles. The van der Waals surface area contributed by atoms with Crippen LogP contribution in [-0.2, 0) is 9.59 Å². The minimum absolute atomic E-state index is 0.0588. The normalized spacial score (nSPS) is 17.4. The lowest BCUT2D eigenvalue weighted by Gasteiger charge is -2.41. The first kappa shape index (κ1) is 24.1. The first-order valence-electron chi connectivity index (χ1n) is 11.9. The maximum atomic E-state index is 13.7. The fourth-order valence-electron chi connectivity index (χ4n) is 4.72. The molecule has 0 spiro atoms. The first-order chi connectivity index (χ1) is 18.1. The number of nitrogens with zero attached hydrogens (tertiary/aromatic N) is 4. The van der Waals surface area contributed by atoms with Crippen LogP contribution in [0.2, 0.25) is 0 Å². The lowest BCUT2D eigenvalue weighted by molar-refractivity contribution is -0.126. The van der Waals surface area contributed by atoms with Crippen LogP contribution in [0.3, 0.4) is 0 Å². The maximum Gasteiger partial charge on any atom is 0.229 e. The van der Waals surface area contributed by atoms with E-state index in [9.17, 15) is 9.59 Å². The number of hydrogen-bond donors (Lipinski definition) is 1. The molecule has 3 heterocycles. The summed E-state index contributed by atoms with van der Waals surface area (Å²) in [5, 5.41) is 3.00. The number of carbonyl (C=O) groups is 2. The van der Waals surface area contributed by atoms with Crippen LogP contribution in [-0.4, -0.2) is 40.6 Å². The standard InChI is InChI=1S/C28H27N5O4/c1-36-21-10-8-20(9-11-21)33-26(34)14-12-23(27(33)22-5-3-4-6-24(22)37-2)28(35)31-19-7-13-25(30-17-19)32-16-15-29-18-32/h3-11,13,15-18,23,27H,12,14H2,1-2H3,(H,31,35)/t23-,27-/m0/s1. The third-order valence-electron chi connectivity index (χ3n) is 6.53. The number of nitrogens with one attached hydrogen (secondary N) is 1. The van der Waals surface area contributed by atoms with Gasteiger partial charge in [-0.2, -0.15) is 0 Å². The van der Waals surface area contributed by atoms with Gasteiger partial charge in [0, 0.05) is 30.1 Å². The Morgan fingerprint density at radius 2 is 1.84 bits per heavy atom. The van der Waals surface area contributed by atoms with E-state index < -0.39 is 12.0 Å². The largest absolute Gasteiger partial charge is 0.497 e. The van der Waals surface area contributed by atoms with Gasteiger partial charge in [-0.25, -0.2) is 9.97 Å². The van der Waals surface area contributed by atoms with Crippen molar-refractivity contribution in [3.8, 4) is 17.3 Å². The van der Waals surface area contributed by atoms with Crippen molar-refractivity contribution in [2.24, 2.45) is 5.92 Å². The molecule has 1 aliphatic heterocycles. The van der Waals surface area contributed by atoms with E-state index in [1.54, 1.807) is 66.8 Å². The Hall–Kier alpha value is -4.66. The van der Waals surface area contributed by atoms with Crippen molar-refractivity contribution in [3.63, 3.8) is 0 Å². The Labute approximate surface area is 214 Å². The number of pyridine rings is 1. The van der Waals surface area contributed by atoms with Crippen LogP contribution < -0.4 is 19.7 Å². The van der Waals surface area contributed by atoms with Gasteiger partial charge in [0.15, 0.2) is 0 Å². The highest BCUT2D eigenvalue weighted by Gasteiger charge is 2.42. The minimum atomic E-state index is -0.566. The molecule has 0 aliphatic carbocycles. The van der Waals surface area contributed by atoms with Crippen molar-refractivity contribution in [1.29, 1.82) is 0 Å². The van der Waals surface area contributed by atoms with Gasteiger partial charge in [-0.15, -0.1) is 0 Å². The van der Waals surface area contributed by atoms with Gasteiger partial charge < -0.3 is 19.7 Å². The summed E-state index contributed by atoms with van der Waals surface area (Å²) in [5.74, 6) is 1.21. The Balaban J connectivity index is 1.49. The lowest BCUT2D eigenvalue weighted by atomic mass is 9.82. The average Bonchev–Trinajstić information content (AvgIpc) is 3.48. The predicted octanol–water partition coefficient (Wildman–Crippen LogP) is 4.41. The summed E-state index contributed by atoms with van der Waals surface area (Å²) in [6, 6.07) is 17.8. The molecule has 188 valence electrons. The second-order valence-electron chi connectivity index (χ2n) is 8.66. The zero-order valence-electron chi connectivity index (χ0n) is 20.6. The Kier molecular flexibility index (Phi) is 6.85. The van der Waals surface area contributed by atoms with Gasteiger partial charge in [-0.3, -0.25) is 14.2 Å². The van der Waals surface area contributed by atoms with Crippen molar-refractivity contribution in [2.45, 2.75) is 18.9 Å². The van der Waals surface area contributed by atoms with E-state index in [4.69, 9.17) is 9.47 Å². The van der Waals surface area contributed by atoms with Crippen LogP contribution in [0.1, 0.15) is 24.4 Å². The predicted molar refractivity (Wildman–Crippen MR) is 139 cm³/mol. The fourth-order valence-corrected chi connectivity index (χ4v) is 4.72. The van der Waals surface area contributed by atoms with Gasteiger partial charge in [0.25, 0.3) is 0 Å². The zero-order valence-corrected chi connectivity index (χ0v) is 20.6. The number of hydrogen-bond acceptors (Lipinski definition) is 6. The van der Waals surface area contributed by atoms with Crippen LogP contribution in [0.25, 0.3) is 5.82 Å². The van der Waals surface area contributed by atoms with E-state index in [0.717, 1.165) is 5.56 Å². The summed E-state index contributed by atoms with van der Waals surface area (Å²) in [7, 11) is 3.18. The van der Waals surface area contributed by atoms with Gasteiger partial charge in [0.05, 0.1) is 38.1 Å². The van der Waals surface area contributed by atoms with Gasteiger partial charge in [0.2, 0.25) is 11.8 Å². The fraction of sp³-hybridized carbons (Fsp3) is 0.214. The summed E-state index contributed by atoms with van der Waals surface area (Å²) < 4.78 is 12.7. The molecule has 1 fully saturated rings. The highest BCUT2D eigenvalue weighted by atomic mass is 16.5. The molecule has 9 heteroatoms. The summed E-state index contributed by atoms with van der Waals surface area (Å²) in [5.41, 5.74) is 2.02. The number of aromatic nitrogens is 3. The molecule has 0 unspecified atom stereocenters. The van der Waals surface area contributed by atoms with Crippen molar-refractivity contribution < 1.29 is 19.1 Å². The molecule has 9 nitrogen and oxygen atoms in total.